The number of hydrogen-bond donors (Lipinski definition) is 0. The van der Waals surface area contributed by atoms with Gasteiger partial charge in [-0.15, -0.1) is 0 Å². The number of anilines is 1. The zero-order valence-corrected chi connectivity index (χ0v) is 19.4. The molecule has 2 fully saturated rings. The molecule has 2 aromatic rings. The van der Waals surface area contributed by atoms with Crippen LogP contribution in [0.1, 0.15) is 89.9 Å². The maximum absolute atomic E-state index is 10.2. The molecular formula is C28H38N2. The van der Waals surface area contributed by atoms with Gasteiger partial charge in [-0.25, -0.2) is 0 Å². The van der Waals surface area contributed by atoms with Crippen molar-refractivity contribution in [3.05, 3.63) is 65.2 Å². The van der Waals surface area contributed by atoms with Gasteiger partial charge in [-0.05, 0) is 60.8 Å². The van der Waals surface area contributed by atoms with Gasteiger partial charge in [0, 0.05) is 17.7 Å². The van der Waals surface area contributed by atoms with Crippen LogP contribution in [0.4, 0.5) is 5.69 Å². The summed E-state index contributed by atoms with van der Waals surface area (Å²) in [5, 5.41) is 0. The minimum absolute atomic E-state index is 0.0221. The van der Waals surface area contributed by atoms with Crippen LogP contribution >= 0.6 is 0 Å². The van der Waals surface area contributed by atoms with Crippen molar-refractivity contribution < 1.29 is 1.37 Å². The SMILES string of the molecule is [2H]C1(C2CCCCC2)c2ccccc2C2[C@H](C)N(c3ccccc3C)C(C(C)(C)C)N21. The first-order valence-corrected chi connectivity index (χ1v) is 12.0. The van der Waals surface area contributed by atoms with E-state index in [2.05, 4.69) is 92.9 Å². The maximum Gasteiger partial charge on any atom is 0.0884 e. The van der Waals surface area contributed by atoms with Crippen LogP contribution in [0, 0.1) is 18.3 Å². The Morgan fingerprint density at radius 1 is 0.900 bits per heavy atom. The minimum atomic E-state index is -0.647. The quantitative estimate of drug-likeness (QED) is 0.521. The van der Waals surface area contributed by atoms with Crippen molar-refractivity contribution in [2.45, 2.75) is 91.0 Å². The Balaban J connectivity index is 1.72. The van der Waals surface area contributed by atoms with Gasteiger partial charge in [0.2, 0.25) is 0 Å². The van der Waals surface area contributed by atoms with Crippen LogP contribution in [0.25, 0.3) is 0 Å². The summed E-state index contributed by atoms with van der Waals surface area (Å²) in [7, 11) is 0. The first-order valence-electron chi connectivity index (χ1n) is 12.5. The molecule has 2 aliphatic heterocycles. The van der Waals surface area contributed by atoms with Crippen molar-refractivity contribution in [2.24, 2.45) is 11.3 Å². The average Bonchev–Trinajstić information content (AvgIpc) is 3.21. The lowest BCUT2D eigenvalue weighted by molar-refractivity contribution is 0.0405. The van der Waals surface area contributed by atoms with Crippen LogP contribution in [0.5, 0.6) is 0 Å². The number of para-hydroxylation sites is 1. The van der Waals surface area contributed by atoms with Crippen LogP contribution in [0.3, 0.4) is 0 Å². The molecule has 0 radical (unpaired) electrons. The van der Waals surface area contributed by atoms with E-state index in [1.165, 1.54) is 54.5 Å². The molecule has 160 valence electrons. The number of aryl methyl sites for hydroxylation is 1. The van der Waals surface area contributed by atoms with E-state index in [0.29, 0.717) is 12.0 Å². The normalized spacial score (nSPS) is 32.8. The van der Waals surface area contributed by atoms with Gasteiger partial charge in [0.25, 0.3) is 0 Å². The molecule has 3 aliphatic rings. The van der Waals surface area contributed by atoms with E-state index in [-0.39, 0.29) is 17.6 Å². The third kappa shape index (κ3) is 3.02. The summed E-state index contributed by atoms with van der Waals surface area (Å²) in [6, 6.07) is 17.7. The zero-order valence-electron chi connectivity index (χ0n) is 20.4. The summed E-state index contributed by atoms with van der Waals surface area (Å²) in [5.74, 6) is 0.404. The Morgan fingerprint density at radius 3 is 2.20 bits per heavy atom. The first-order chi connectivity index (χ1) is 14.8. The highest BCUT2D eigenvalue weighted by molar-refractivity contribution is 5.58. The molecule has 0 amide bonds. The van der Waals surface area contributed by atoms with E-state index in [1.807, 2.05) is 0 Å². The van der Waals surface area contributed by atoms with Gasteiger partial charge in [-0.2, -0.15) is 0 Å². The minimum Gasteiger partial charge on any atom is -0.350 e. The highest BCUT2D eigenvalue weighted by Crippen LogP contribution is 2.58. The largest absolute Gasteiger partial charge is 0.350 e. The van der Waals surface area contributed by atoms with Gasteiger partial charge in [-0.3, -0.25) is 4.90 Å². The lowest BCUT2D eigenvalue weighted by Crippen LogP contribution is -2.50. The molecule has 1 aliphatic carbocycles. The fourth-order valence-corrected chi connectivity index (χ4v) is 6.56. The molecular weight excluding hydrogens is 364 g/mol. The molecule has 2 nitrogen and oxygen atoms in total. The molecule has 0 N–H and O–H groups in total. The van der Waals surface area contributed by atoms with Crippen molar-refractivity contribution in [3.63, 3.8) is 0 Å². The number of benzene rings is 2. The number of rotatable bonds is 2. The Kier molecular flexibility index (Phi) is 4.67. The number of nitrogens with zero attached hydrogens (tertiary/aromatic N) is 2. The molecule has 5 rings (SSSR count). The highest BCUT2D eigenvalue weighted by Gasteiger charge is 2.57. The third-order valence-corrected chi connectivity index (χ3v) is 7.72. The third-order valence-electron chi connectivity index (χ3n) is 7.72. The molecule has 1 saturated heterocycles. The van der Waals surface area contributed by atoms with Gasteiger partial charge in [0.05, 0.1) is 13.6 Å². The van der Waals surface area contributed by atoms with E-state index in [0.717, 1.165) is 0 Å². The first kappa shape index (κ1) is 18.9. The molecule has 2 heterocycles. The highest BCUT2D eigenvalue weighted by atomic mass is 15.5. The van der Waals surface area contributed by atoms with Crippen molar-refractivity contribution in [1.29, 1.82) is 0 Å². The van der Waals surface area contributed by atoms with Crippen molar-refractivity contribution in [1.82, 2.24) is 4.90 Å². The molecule has 3 unspecified atom stereocenters. The molecule has 4 atom stereocenters. The van der Waals surface area contributed by atoms with Crippen molar-refractivity contribution in [2.75, 3.05) is 4.90 Å². The topological polar surface area (TPSA) is 6.48 Å². The number of fused-ring (bicyclic) bond motifs is 3. The second kappa shape index (κ2) is 7.41. The predicted molar refractivity (Wildman–Crippen MR) is 127 cm³/mol. The van der Waals surface area contributed by atoms with Crippen LogP contribution in [-0.2, 0) is 0 Å². The van der Waals surface area contributed by atoms with E-state index in [9.17, 15) is 1.37 Å². The van der Waals surface area contributed by atoms with Crippen molar-refractivity contribution in [3.8, 4) is 0 Å². The van der Waals surface area contributed by atoms with Gasteiger partial charge >= 0.3 is 0 Å². The van der Waals surface area contributed by atoms with E-state index in [1.54, 1.807) is 0 Å². The Hall–Kier alpha value is -1.80. The molecule has 2 aromatic carbocycles. The summed E-state index contributed by atoms with van der Waals surface area (Å²) < 4.78 is 10.2. The molecule has 1 saturated carbocycles. The molecule has 0 aromatic heterocycles. The smallest absolute Gasteiger partial charge is 0.0884 e. The molecule has 2 heteroatoms. The number of hydrogen-bond acceptors (Lipinski definition) is 2. The summed E-state index contributed by atoms with van der Waals surface area (Å²) in [6.45, 7) is 11.7. The fraction of sp³-hybridized carbons (Fsp3) is 0.571. The zero-order chi connectivity index (χ0) is 22.0. The Bertz CT molecular complexity index is 957. The van der Waals surface area contributed by atoms with Gasteiger partial charge in [-0.1, -0.05) is 82.5 Å². The lowest BCUT2D eigenvalue weighted by Gasteiger charge is -2.46. The van der Waals surface area contributed by atoms with Crippen LogP contribution < -0.4 is 4.90 Å². The van der Waals surface area contributed by atoms with Crippen LogP contribution in [-0.4, -0.2) is 17.1 Å². The second-order valence-electron chi connectivity index (χ2n) is 10.8. The average molecular weight is 404 g/mol. The lowest BCUT2D eigenvalue weighted by atomic mass is 9.79. The van der Waals surface area contributed by atoms with Gasteiger partial charge in [0.15, 0.2) is 0 Å². The van der Waals surface area contributed by atoms with E-state index in [4.69, 9.17) is 0 Å². The summed E-state index contributed by atoms with van der Waals surface area (Å²) in [6.07, 6.45) is 6.40. The van der Waals surface area contributed by atoms with E-state index >= 15 is 0 Å². The molecule has 0 bridgehead atoms. The summed E-state index contributed by atoms with van der Waals surface area (Å²) in [4.78, 5) is 5.30. The van der Waals surface area contributed by atoms with Gasteiger partial charge < -0.3 is 4.90 Å². The van der Waals surface area contributed by atoms with Crippen LogP contribution in [0.15, 0.2) is 48.5 Å². The molecule has 30 heavy (non-hydrogen) atoms. The second-order valence-corrected chi connectivity index (χ2v) is 10.8. The summed E-state index contributed by atoms with van der Waals surface area (Å²) in [5.41, 5.74) is 5.34. The van der Waals surface area contributed by atoms with Crippen molar-refractivity contribution >= 4 is 5.69 Å². The summed E-state index contributed by atoms with van der Waals surface area (Å²) >= 11 is 0. The van der Waals surface area contributed by atoms with Gasteiger partial charge in [0.1, 0.15) is 0 Å². The maximum atomic E-state index is 10.2. The Morgan fingerprint density at radius 2 is 1.53 bits per heavy atom. The van der Waals surface area contributed by atoms with E-state index < -0.39 is 6.02 Å². The Labute approximate surface area is 184 Å². The van der Waals surface area contributed by atoms with Crippen LogP contribution in [0.2, 0.25) is 0 Å². The predicted octanol–water partition coefficient (Wildman–Crippen LogP) is 7.25. The fourth-order valence-electron chi connectivity index (χ4n) is 6.56. The molecule has 0 spiro atoms. The monoisotopic (exact) mass is 403 g/mol. The standard InChI is InChI=1S/C28H38N2/c1-19-13-9-12-18-24(19)29-20(2)25-22-16-10-11-17-23(22)26(21-14-7-6-8-15-21)30(25)27(29)28(3,4)5/h9-13,16-18,20-21,25-27H,6-8,14-15H2,1-5H3/t20-,25?,26?,27?/m0/s1/i26D.